The van der Waals surface area contributed by atoms with Gasteiger partial charge in [-0.1, -0.05) is 48.5 Å². The summed E-state index contributed by atoms with van der Waals surface area (Å²) in [5.41, 5.74) is 3.18. The normalized spacial score (nSPS) is 14.6. The smallest absolute Gasteiger partial charge is 0.314 e. The van der Waals surface area contributed by atoms with Crippen molar-refractivity contribution in [2.45, 2.75) is 25.1 Å². The summed E-state index contributed by atoms with van der Waals surface area (Å²) in [6.45, 7) is 0.231. The van der Waals surface area contributed by atoms with E-state index in [4.69, 9.17) is 9.68 Å². The Hall–Kier alpha value is -4.42. The number of rotatable bonds is 6. The molecule has 4 aromatic rings. The highest BCUT2D eigenvalue weighted by Gasteiger charge is 2.38. The molecule has 0 radical (unpaired) electrons. The van der Waals surface area contributed by atoms with E-state index in [9.17, 15) is 18.7 Å². The summed E-state index contributed by atoms with van der Waals surface area (Å²) in [4.78, 5) is 15.1. The van der Waals surface area contributed by atoms with Crippen molar-refractivity contribution < 1.29 is 23.1 Å². The van der Waals surface area contributed by atoms with E-state index in [1.54, 1.807) is 65.6 Å². The third-order valence-corrected chi connectivity index (χ3v) is 5.97. The number of hydrogen-bond acceptors (Lipinski definition) is 6. The van der Waals surface area contributed by atoms with Gasteiger partial charge in [0.1, 0.15) is 6.10 Å². The van der Waals surface area contributed by atoms with Crippen LogP contribution in [0.3, 0.4) is 0 Å². The topological polar surface area (TPSA) is 103 Å². The number of halogens is 2. The van der Waals surface area contributed by atoms with Crippen LogP contribution in [0.15, 0.2) is 77.2 Å². The van der Waals surface area contributed by atoms with Crippen LogP contribution in [-0.4, -0.2) is 26.1 Å². The zero-order valence-corrected chi connectivity index (χ0v) is 18.2. The molecule has 1 aromatic heterocycles. The molecule has 7 nitrogen and oxygen atoms in total. The minimum atomic E-state index is -2.89. The fourth-order valence-corrected chi connectivity index (χ4v) is 4.24. The maximum absolute atomic E-state index is 13.5. The highest BCUT2D eigenvalue weighted by Crippen LogP contribution is 2.40. The number of carbonyl (C=O) groups is 1. The van der Waals surface area contributed by atoms with Crippen molar-refractivity contribution in [2.24, 2.45) is 0 Å². The molecular weight excluding hydrogens is 454 g/mol. The van der Waals surface area contributed by atoms with Crippen LogP contribution in [0.5, 0.6) is 0 Å². The monoisotopic (exact) mass is 472 g/mol. The predicted molar refractivity (Wildman–Crippen MR) is 120 cm³/mol. The molecule has 2 heterocycles. The first-order valence-corrected chi connectivity index (χ1v) is 10.7. The molecule has 0 bridgehead atoms. The van der Waals surface area contributed by atoms with Crippen LogP contribution >= 0.6 is 0 Å². The van der Waals surface area contributed by atoms with Gasteiger partial charge in [-0.3, -0.25) is 4.79 Å². The van der Waals surface area contributed by atoms with Crippen molar-refractivity contribution in [1.29, 1.82) is 5.26 Å². The number of amides is 1. The van der Waals surface area contributed by atoms with Crippen molar-refractivity contribution in [3.8, 4) is 17.5 Å². The van der Waals surface area contributed by atoms with E-state index in [1.165, 1.54) is 6.07 Å². The van der Waals surface area contributed by atoms with Crippen molar-refractivity contribution in [3.05, 3.63) is 107 Å². The Balaban J connectivity index is 1.52. The van der Waals surface area contributed by atoms with Gasteiger partial charge in [-0.25, -0.2) is 0 Å². The first-order chi connectivity index (χ1) is 17.0. The Morgan fingerprint density at radius 2 is 1.74 bits per heavy atom. The first kappa shape index (κ1) is 22.4. The number of carbonyl (C=O) groups excluding carboxylic acids is 1. The lowest BCUT2D eigenvalue weighted by Crippen LogP contribution is -2.33. The van der Waals surface area contributed by atoms with Crippen LogP contribution in [0, 0.1) is 11.3 Å². The summed E-state index contributed by atoms with van der Waals surface area (Å²) in [7, 11) is 0. The molecule has 0 fully saturated rings. The molecule has 174 valence electrons. The second-order valence-corrected chi connectivity index (χ2v) is 8.09. The Morgan fingerprint density at radius 3 is 2.40 bits per heavy atom. The number of aromatic nitrogens is 2. The van der Waals surface area contributed by atoms with E-state index in [1.807, 2.05) is 6.07 Å². The van der Waals surface area contributed by atoms with Gasteiger partial charge < -0.3 is 14.4 Å². The van der Waals surface area contributed by atoms with Crippen LogP contribution in [0.4, 0.5) is 8.78 Å². The standard InChI is InChI=1S/C26H18F2N4O3/c27-23(28)25-31-30-24(35-25)18-10-11-19-14-32(26(34)20(19)12-18)21(16-8-6-15(13-29)7-9-16)22(33)17-4-2-1-3-5-17/h1-12,21-23,33H,14H2/t21-,22+/m1/s1. The van der Waals surface area contributed by atoms with Crippen molar-refractivity contribution in [2.75, 3.05) is 0 Å². The van der Waals surface area contributed by atoms with E-state index in [0.29, 0.717) is 33.4 Å². The maximum atomic E-state index is 13.5. The first-order valence-electron chi connectivity index (χ1n) is 10.7. The van der Waals surface area contributed by atoms with E-state index < -0.39 is 24.5 Å². The Morgan fingerprint density at radius 1 is 1.00 bits per heavy atom. The number of aliphatic hydroxyl groups is 1. The number of alkyl halides is 2. The largest absolute Gasteiger partial charge is 0.415 e. The highest BCUT2D eigenvalue weighted by molar-refractivity contribution is 5.99. The molecule has 3 aromatic carbocycles. The fraction of sp³-hybridized carbons (Fsp3) is 0.154. The van der Waals surface area contributed by atoms with E-state index in [2.05, 4.69) is 16.3 Å². The molecule has 35 heavy (non-hydrogen) atoms. The lowest BCUT2D eigenvalue weighted by molar-refractivity contribution is 0.0360. The zero-order valence-electron chi connectivity index (χ0n) is 18.2. The zero-order chi connectivity index (χ0) is 24.5. The molecule has 9 heteroatoms. The van der Waals surface area contributed by atoms with E-state index in [0.717, 1.165) is 0 Å². The average Bonchev–Trinajstić information content (AvgIpc) is 3.51. The summed E-state index contributed by atoms with van der Waals surface area (Å²) < 4.78 is 30.7. The number of hydrogen-bond donors (Lipinski definition) is 1. The second kappa shape index (κ2) is 9.08. The third kappa shape index (κ3) is 4.16. The van der Waals surface area contributed by atoms with Gasteiger partial charge in [-0.15, -0.1) is 10.2 Å². The van der Waals surface area contributed by atoms with Gasteiger partial charge in [-0.05, 0) is 41.0 Å². The van der Waals surface area contributed by atoms with Crippen LogP contribution < -0.4 is 0 Å². The predicted octanol–water partition coefficient (Wildman–Crippen LogP) is 4.98. The minimum Gasteiger partial charge on any atom is -0.415 e. The van der Waals surface area contributed by atoms with Gasteiger partial charge >= 0.3 is 6.43 Å². The molecule has 0 saturated carbocycles. The molecule has 1 N–H and O–H groups in total. The van der Waals surface area contributed by atoms with E-state index >= 15 is 0 Å². The molecule has 1 aliphatic rings. The Labute approximate surface area is 198 Å². The molecule has 0 aliphatic carbocycles. The summed E-state index contributed by atoms with van der Waals surface area (Å²) in [5.74, 6) is -1.23. The van der Waals surface area contributed by atoms with Gasteiger partial charge in [0.25, 0.3) is 11.8 Å². The average molecular weight is 472 g/mol. The molecule has 0 unspecified atom stereocenters. The number of aliphatic hydroxyl groups excluding tert-OH is 1. The van der Waals surface area contributed by atoms with Crippen molar-refractivity contribution >= 4 is 5.91 Å². The number of nitrogens with zero attached hydrogens (tertiary/aromatic N) is 4. The summed E-state index contributed by atoms with van der Waals surface area (Å²) in [6.07, 6.45) is -3.93. The van der Waals surface area contributed by atoms with Crippen LogP contribution in [-0.2, 0) is 6.54 Å². The van der Waals surface area contributed by atoms with Gasteiger partial charge in [0.15, 0.2) is 0 Å². The fourth-order valence-electron chi connectivity index (χ4n) is 4.24. The number of nitriles is 1. The number of benzene rings is 3. The van der Waals surface area contributed by atoms with Gasteiger partial charge in [0, 0.05) is 17.7 Å². The maximum Gasteiger partial charge on any atom is 0.314 e. The third-order valence-electron chi connectivity index (χ3n) is 5.97. The molecule has 1 amide bonds. The summed E-state index contributed by atoms with van der Waals surface area (Å²) >= 11 is 0. The lowest BCUT2D eigenvalue weighted by Gasteiger charge is -2.32. The van der Waals surface area contributed by atoms with Gasteiger partial charge in [-0.2, -0.15) is 14.0 Å². The van der Waals surface area contributed by atoms with E-state index in [-0.39, 0.29) is 18.3 Å². The second-order valence-electron chi connectivity index (χ2n) is 8.09. The quantitative estimate of drug-likeness (QED) is 0.425. The highest BCUT2D eigenvalue weighted by atomic mass is 19.3. The van der Waals surface area contributed by atoms with Gasteiger partial charge in [0.2, 0.25) is 5.89 Å². The minimum absolute atomic E-state index is 0.109. The molecule has 0 saturated heterocycles. The van der Waals surface area contributed by atoms with Crippen LogP contribution in [0.2, 0.25) is 0 Å². The summed E-state index contributed by atoms with van der Waals surface area (Å²) in [6, 6.07) is 21.9. The Kier molecular flexibility index (Phi) is 5.81. The van der Waals surface area contributed by atoms with Crippen LogP contribution in [0.1, 0.15) is 57.1 Å². The van der Waals surface area contributed by atoms with Gasteiger partial charge in [0.05, 0.1) is 17.7 Å². The van der Waals surface area contributed by atoms with Crippen molar-refractivity contribution in [3.63, 3.8) is 0 Å². The number of fused-ring (bicyclic) bond motifs is 1. The lowest BCUT2D eigenvalue weighted by atomic mass is 9.94. The van der Waals surface area contributed by atoms with Crippen molar-refractivity contribution in [1.82, 2.24) is 15.1 Å². The molecule has 2 atom stereocenters. The molecular formula is C26H18F2N4O3. The molecule has 0 spiro atoms. The molecule has 1 aliphatic heterocycles. The SMILES string of the molecule is N#Cc1ccc([C@H]([C@@H](O)c2ccccc2)N2Cc3ccc(-c4nnc(C(F)F)o4)cc3C2=O)cc1. The summed E-state index contributed by atoms with van der Waals surface area (Å²) in [5, 5.41) is 27.5. The molecule has 5 rings (SSSR count). The van der Waals surface area contributed by atoms with Crippen LogP contribution in [0.25, 0.3) is 11.5 Å². The Bertz CT molecular complexity index is 1410.